The number of nitrogen functional groups attached to an aromatic ring is 2. The number of nitrogens with two attached hydrogens (primary N) is 2. The molecule has 1 aromatic heterocycles. The Morgan fingerprint density at radius 3 is 2.36 bits per heavy atom. The molecule has 1 amide bonds. The number of H-pyrrole nitrogens is 1. The van der Waals surface area contributed by atoms with Gasteiger partial charge in [0.2, 0.25) is 5.91 Å². The normalized spacial score (nSPS) is 11.7. The van der Waals surface area contributed by atoms with E-state index in [1.807, 2.05) is 4.72 Å². The maximum atomic E-state index is 11.8. The van der Waals surface area contributed by atoms with Gasteiger partial charge in [0, 0.05) is 6.92 Å². The van der Waals surface area contributed by atoms with Crippen LogP contribution in [0.25, 0.3) is 0 Å². The molecule has 0 bridgehead atoms. The van der Waals surface area contributed by atoms with Crippen LogP contribution in [0.3, 0.4) is 0 Å². The van der Waals surface area contributed by atoms with Crippen LogP contribution in [-0.4, -0.2) is 24.5 Å². The topological polar surface area (TPSA) is 169 Å². The second-order valence-electron chi connectivity index (χ2n) is 4.23. The third-order valence-corrected chi connectivity index (χ3v) is 3.93. The highest BCUT2D eigenvalue weighted by atomic mass is 32.2. The van der Waals surface area contributed by atoms with E-state index in [4.69, 9.17) is 11.5 Å². The van der Waals surface area contributed by atoms with Gasteiger partial charge >= 0.3 is 0 Å². The first kappa shape index (κ1) is 15.4. The number of nitrogens with zero attached hydrogens (tertiary/aromatic N) is 3. The van der Waals surface area contributed by atoms with Crippen LogP contribution >= 0.6 is 0 Å². The van der Waals surface area contributed by atoms with Crippen molar-refractivity contribution in [1.29, 1.82) is 0 Å². The fourth-order valence-corrected chi connectivity index (χ4v) is 2.51. The molecule has 0 spiro atoms. The summed E-state index contributed by atoms with van der Waals surface area (Å²) in [5.74, 6) is -0.396. The van der Waals surface area contributed by atoms with Crippen molar-refractivity contribution < 1.29 is 13.2 Å². The number of rotatable bonds is 4. The van der Waals surface area contributed by atoms with E-state index in [-0.39, 0.29) is 22.2 Å². The highest BCUT2D eigenvalue weighted by Gasteiger charge is 2.15. The van der Waals surface area contributed by atoms with Gasteiger partial charge in [-0.2, -0.15) is 10.2 Å². The molecule has 1 heterocycles. The van der Waals surface area contributed by atoms with Crippen molar-refractivity contribution in [3.63, 3.8) is 0 Å². The summed E-state index contributed by atoms with van der Waals surface area (Å²) >= 11 is 0. The number of amides is 1. The van der Waals surface area contributed by atoms with Gasteiger partial charge in [-0.1, -0.05) is 0 Å². The van der Waals surface area contributed by atoms with Gasteiger partial charge in [-0.15, -0.1) is 5.11 Å². The smallest absolute Gasteiger partial charge is 0.264 e. The summed E-state index contributed by atoms with van der Waals surface area (Å²) in [5, 5.41) is 13.8. The number of hydrogen-bond acceptors (Lipinski definition) is 8. The molecular formula is C11H13N7O3S. The lowest BCUT2D eigenvalue weighted by atomic mass is 10.3. The van der Waals surface area contributed by atoms with Gasteiger partial charge in [0.05, 0.1) is 10.6 Å². The summed E-state index contributed by atoms with van der Waals surface area (Å²) < 4.78 is 25.4. The van der Waals surface area contributed by atoms with Crippen molar-refractivity contribution in [2.45, 2.75) is 11.8 Å². The summed E-state index contributed by atoms with van der Waals surface area (Å²) in [7, 11) is -3.87. The van der Waals surface area contributed by atoms with Crippen molar-refractivity contribution in [2.24, 2.45) is 10.2 Å². The maximum absolute atomic E-state index is 11.8. The number of aromatic nitrogens is 2. The third-order valence-electron chi connectivity index (χ3n) is 2.49. The van der Waals surface area contributed by atoms with E-state index >= 15 is 0 Å². The first-order valence-corrected chi connectivity index (χ1v) is 7.42. The predicted molar refractivity (Wildman–Crippen MR) is 79.0 cm³/mol. The van der Waals surface area contributed by atoms with Crippen LogP contribution in [0.4, 0.5) is 23.0 Å². The molecule has 0 radical (unpaired) electrons. The van der Waals surface area contributed by atoms with E-state index in [0.29, 0.717) is 5.69 Å². The number of benzene rings is 1. The van der Waals surface area contributed by atoms with Crippen LogP contribution in [0.1, 0.15) is 6.92 Å². The number of anilines is 2. The highest BCUT2D eigenvalue weighted by molar-refractivity contribution is 7.90. The molecule has 116 valence electrons. The molecule has 11 heteroatoms. The Kier molecular flexibility index (Phi) is 4.08. The molecular weight excluding hydrogens is 310 g/mol. The fraction of sp³-hybridized carbons (Fsp3) is 0.0909. The molecule has 10 nitrogen and oxygen atoms in total. The third kappa shape index (κ3) is 3.38. The summed E-state index contributed by atoms with van der Waals surface area (Å²) in [6.45, 7) is 1.11. The summed E-state index contributed by atoms with van der Waals surface area (Å²) in [4.78, 5) is 10.8. The zero-order valence-electron chi connectivity index (χ0n) is 11.4. The van der Waals surface area contributed by atoms with Crippen LogP contribution in [0.2, 0.25) is 0 Å². The van der Waals surface area contributed by atoms with Crippen LogP contribution in [-0.2, 0) is 14.8 Å². The molecule has 6 N–H and O–H groups in total. The lowest BCUT2D eigenvalue weighted by Gasteiger charge is -2.04. The zero-order valence-corrected chi connectivity index (χ0v) is 12.3. The predicted octanol–water partition coefficient (Wildman–Crippen LogP) is 0.814. The largest absolute Gasteiger partial charge is 0.382 e. The Morgan fingerprint density at radius 2 is 1.86 bits per heavy atom. The molecule has 0 aliphatic heterocycles. The minimum absolute atomic E-state index is 0.0658. The Hall–Kier alpha value is -2.95. The van der Waals surface area contributed by atoms with Crippen molar-refractivity contribution >= 4 is 38.9 Å². The number of nitrogens with one attached hydrogen (secondary N) is 2. The lowest BCUT2D eigenvalue weighted by Crippen LogP contribution is -2.28. The van der Waals surface area contributed by atoms with E-state index in [1.54, 1.807) is 0 Å². The zero-order chi connectivity index (χ0) is 16.3. The molecule has 0 saturated carbocycles. The monoisotopic (exact) mass is 323 g/mol. The van der Waals surface area contributed by atoms with Crippen molar-refractivity contribution in [2.75, 3.05) is 11.5 Å². The minimum atomic E-state index is -3.87. The number of carbonyl (C=O) groups is 1. The fourth-order valence-electron chi connectivity index (χ4n) is 1.52. The van der Waals surface area contributed by atoms with Crippen molar-refractivity contribution in [3.8, 4) is 0 Å². The molecule has 0 saturated heterocycles. The first-order valence-electron chi connectivity index (χ1n) is 5.94. The second kappa shape index (κ2) is 5.81. The van der Waals surface area contributed by atoms with E-state index in [9.17, 15) is 13.2 Å². The number of azo groups is 1. The van der Waals surface area contributed by atoms with Gasteiger partial charge in [0.15, 0.2) is 11.5 Å². The van der Waals surface area contributed by atoms with Crippen LogP contribution in [0.15, 0.2) is 39.4 Å². The molecule has 1 aromatic carbocycles. The van der Waals surface area contributed by atoms with Gasteiger partial charge in [0.1, 0.15) is 5.82 Å². The summed E-state index contributed by atoms with van der Waals surface area (Å²) in [6.07, 6.45) is 0. The van der Waals surface area contributed by atoms with Gasteiger partial charge in [0.25, 0.3) is 10.0 Å². The van der Waals surface area contributed by atoms with E-state index in [0.717, 1.165) is 6.92 Å². The average Bonchev–Trinajstić information content (AvgIpc) is 2.75. The quantitative estimate of drug-likeness (QED) is 0.607. The second-order valence-corrected chi connectivity index (χ2v) is 5.91. The van der Waals surface area contributed by atoms with E-state index < -0.39 is 15.9 Å². The number of aromatic amines is 1. The number of carbonyl (C=O) groups excluding carboxylic acids is 1. The van der Waals surface area contributed by atoms with Crippen LogP contribution in [0, 0.1) is 0 Å². The molecule has 0 atom stereocenters. The standard InChI is InChI=1S/C11H13N7O3S/c1-6(19)18-22(20,21)8-4-2-7(3-5-8)14-15-9-10(12)16-17-11(9)13/h2-5H,1H3,(H,18,19)(H5,12,13,16,17)/b15-14+. The maximum Gasteiger partial charge on any atom is 0.264 e. The van der Waals surface area contributed by atoms with Gasteiger partial charge < -0.3 is 11.5 Å². The van der Waals surface area contributed by atoms with Crippen molar-refractivity contribution in [1.82, 2.24) is 14.9 Å². The van der Waals surface area contributed by atoms with E-state index in [2.05, 4.69) is 20.4 Å². The lowest BCUT2D eigenvalue weighted by molar-refractivity contribution is -0.117. The SMILES string of the molecule is CC(=O)NS(=O)(=O)c1ccc(/N=N/c2c(N)n[nH]c2N)cc1. The van der Waals surface area contributed by atoms with Crippen LogP contribution in [0.5, 0.6) is 0 Å². The minimum Gasteiger partial charge on any atom is -0.382 e. The molecule has 2 rings (SSSR count). The molecule has 2 aromatic rings. The highest BCUT2D eigenvalue weighted by Crippen LogP contribution is 2.28. The molecule has 0 fully saturated rings. The Balaban J connectivity index is 2.21. The first-order chi connectivity index (χ1) is 10.3. The Bertz CT molecular complexity index is 804. The van der Waals surface area contributed by atoms with Crippen molar-refractivity contribution in [3.05, 3.63) is 24.3 Å². The summed E-state index contributed by atoms with van der Waals surface area (Å²) in [5.41, 5.74) is 11.7. The van der Waals surface area contributed by atoms with Gasteiger partial charge in [-0.25, -0.2) is 13.1 Å². The average molecular weight is 323 g/mol. The molecule has 22 heavy (non-hydrogen) atoms. The number of hydrogen-bond donors (Lipinski definition) is 4. The van der Waals surface area contributed by atoms with E-state index in [1.165, 1.54) is 24.3 Å². The van der Waals surface area contributed by atoms with Gasteiger partial charge in [-0.05, 0) is 24.3 Å². The van der Waals surface area contributed by atoms with Gasteiger partial charge in [-0.3, -0.25) is 9.89 Å². The molecule has 0 unspecified atom stereocenters. The molecule has 0 aliphatic carbocycles. The number of sulfonamides is 1. The van der Waals surface area contributed by atoms with Crippen LogP contribution < -0.4 is 16.2 Å². The molecule has 0 aliphatic rings. The Labute approximate surface area is 125 Å². The Morgan fingerprint density at radius 1 is 1.23 bits per heavy atom. The summed E-state index contributed by atoms with van der Waals surface area (Å²) in [6, 6.07) is 5.43.